The van der Waals surface area contributed by atoms with Crippen LogP contribution in [0.25, 0.3) is 0 Å². The molecule has 1 N–H and O–H groups in total. The maximum absolute atomic E-state index is 10.9. The van der Waals surface area contributed by atoms with Gasteiger partial charge in [-0.25, -0.2) is 0 Å². The Morgan fingerprint density at radius 2 is 2.27 bits per heavy atom. The van der Waals surface area contributed by atoms with Crippen LogP contribution in [0.2, 0.25) is 0 Å². The van der Waals surface area contributed by atoms with Crippen molar-refractivity contribution in [3.8, 4) is 0 Å². The van der Waals surface area contributed by atoms with Gasteiger partial charge in [-0.3, -0.25) is 4.21 Å². The van der Waals surface area contributed by atoms with Crippen LogP contribution in [0.4, 0.5) is 0 Å². The van der Waals surface area contributed by atoms with E-state index in [1.807, 2.05) is 0 Å². The molecule has 0 aliphatic carbocycles. The first kappa shape index (κ1) is 12.3. The lowest BCUT2D eigenvalue weighted by molar-refractivity contribution is 0.424. The van der Waals surface area contributed by atoms with Crippen molar-refractivity contribution in [3.05, 3.63) is 11.8 Å². The third-order valence-corrected chi connectivity index (χ3v) is 2.82. The van der Waals surface area contributed by atoms with E-state index in [0.29, 0.717) is 24.4 Å². The minimum Gasteiger partial charge on any atom is -0.424 e. The van der Waals surface area contributed by atoms with Crippen LogP contribution in [0.15, 0.2) is 4.42 Å². The van der Waals surface area contributed by atoms with Crippen LogP contribution < -0.4 is 5.32 Å². The SMILES string of the molecule is Cc1nnc(CNC(C)CCS(C)=O)o1. The van der Waals surface area contributed by atoms with Gasteiger partial charge in [0.1, 0.15) is 0 Å². The molecule has 0 amide bonds. The quantitative estimate of drug-likeness (QED) is 0.777. The minimum atomic E-state index is -0.722. The zero-order chi connectivity index (χ0) is 11.3. The number of nitrogens with zero attached hydrogens (tertiary/aromatic N) is 2. The van der Waals surface area contributed by atoms with Gasteiger partial charge in [-0.2, -0.15) is 0 Å². The second-order valence-corrected chi connectivity index (χ2v) is 5.12. The summed E-state index contributed by atoms with van der Waals surface area (Å²) in [5, 5.41) is 10.8. The van der Waals surface area contributed by atoms with Crippen molar-refractivity contribution < 1.29 is 8.63 Å². The fourth-order valence-electron chi connectivity index (χ4n) is 1.12. The molecule has 0 aromatic carbocycles. The highest BCUT2D eigenvalue weighted by Crippen LogP contribution is 1.99. The summed E-state index contributed by atoms with van der Waals surface area (Å²) in [5.41, 5.74) is 0. The van der Waals surface area contributed by atoms with E-state index in [1.165, 1.54) is 0 Å². The van der Waals surface area contributed by atoms with Crippen molar-refractivity contribution in [2.24, 2.45) is 0 Å². The van der Waals surface area contributed by atoms with Gasteiger partial charge in [-0.05, 0) is 13.3 Å². The molecule has 1 rings (SSSR count). The second kappa shape index (κ2) is 5.97. The van der Waals surface area contributed by atoms with Crippen LogP contribution in [0.5, 0.6) is 0 Å². The van der Waals surface area contributed by atoms with Crippen molar-refractivity contribution in [1.82, 2.24) is 15.5 Å². The van der Waals surface area contributed by atoms with E-state index in [4.69, 9.17) is 4.42 Å². The van der Waals surface area contributed by atoms with Crippen molar-refractivity contribution in [1.29, 1.82) is 0 Å². The molecule has 1 aromatic heterocycles. The molecule has 6 heteroatoms. The molecule has 15 heavy (non-hydrogen) atoms. The van der Waals surface area contributed by atoms with Gasteiger partial charge in [-0.1, -0.05) is 0 Å². The van der Waals surface area contributed by atoms with Gasteiger partial charge >= 0.3 is 0 Å². The van der Waals surface area contributed by atoms with E-state index in [0.717, 1.165) is 12.2 Å². The molecule has 5 nitrogen and oxygen atoms in total. The number of aryl methyl sites for hydroxylation is 1. The first-order chi connectivity index (χ1) is 7.08. The largest absolute Gasteiger partial charge is 0.424 e. The molecule has 0 fully saturated rings. The molecule has 2 atom stereocenters. The summed E-state index contributed by atoms with van der Waals surface area (Å²) in [4.78, 5) is 0. The molecule has 1 aromatic rings. The lowest BCUT2D eigenvalue weighted by atomic mass is 10.2. The van der Waals surface area contributed by atoms with Crippen LogP contribution in [0.1, 0.15) is 25.1 Å². The zero-order valence-electron chi connectivity index (χ0n) is 9.32. The molecule has 0 saturated heterocycles. The van der Waals surface area contributed by atoms with E-state index in [9.17, 15) is 4.21 Å². The van der Waals surface area contributed by atoms with Crippen molar-refractivity contribution >= 4 is 10.8 Å². The van der Waals surface area contributed by atoms with Gasteiger partial charge < -0.3 is 9.73 Å². The Bertz CT molecular complexity index is 327. The Morgan fingerprint density at radius 3 is 2.80 bits per heavy atom. The molecule has 0 saturated carbocycles. The highest BCUT2D eigenvalue weighted by Gasteiger charge is 2.06. The van der Waals surface area contributed by atoms with Gasteiger partial charge in [0.15, 0.2) is 0 Å². The normalized spacial score (nSPS) is 15.1. The molecule has 0 spiro atoms. The van der Waals surface area contributed by atoms with Crippen LogP contribution in [0.3, 0.4) is 0 Å². The predicted octanol–water partition coefficient (Wildman–Crippen LogP) is 0.625. The number of hydrogen-bond donors (Lipinski definition) is 1. The summed E-state index contributed by atoms with van der Waals surface area (Å²) in [6, 6.07) is 0.307. The number of hydrogen-bond acceptors (Lipinski definition) is 5. The maximum atomic E-state index is 10.9. The number of rotatable bonds is 6. The Kier molecular flexibility index (Phi) is 4.90. The molecular formula is C9H17N3O2S. The lowest BCUT2D eigenvalue weighted by Gasteiger charge is -2.10. The highest BCUT2D eigenvalue weighted by molar-refractivity contribution is 7.84. The first-order valence-corrected chi connectivity index (χ1v) is 6.63. The molecule has 2 unspecified atom stereocenters. The smallest absolute Gasteiger partial charge is 0.230 e. The summed E-state index contributed by atoms with van der Waals surface area (Å²) in [7, 11) is -0.722. The Labute approximate surface area is 92.1 Å². The third kappa shape index (κ3) is 5.03. The van der Waals surface area contributed by atoms with E-state index < -0.39 is 10.8 Å². The average Bonchev–Trinajstić information content (AvgIpc) is 2.58. The van der Waals surface area contributed by atoms with Crippen molar-refractivity contribution in [2.45, 2.75) is 32.9 Å². The maximum Gasteiger partial charge on any atom is 0.230 e. The molecule has 0 aliphatic heterocycles. The fourth-order valence-corrected chi connectivity index (χ4v) is 1.80. The van der Waals surface area contributed by atoms with Crippen LogP contribution >= 0.6 is 0 Å². The van der Waals surface area contributed by atoms with Crippen LogP contribution in [0, 0.1) is 6.92 Å². The van der Waals surface area contributed by atoms with Gasteiger partial charge in [0, 0.05) is 35.8 Å². The topological polar surface area (TPSA) is 68.0 Å². The van der Waals surface area contributed by atoms with Gasteiger partial charge in [-0.15, -0.1) is 10.2 Å². The Hall–Kier alpha value is -0.750. The summed E-state index contributed by atoms with van der Waals surface area (Å²) >= 11 is 0. The molecule has 0 aliphatic rings. The van der Waals surface area contributed by atoms with Crippen LogP contribution in [-0.4, -0.2) is 32.5 Å². The van der Waals surface area contributed by atoms with Crippen molar-refractivity contribution in [3.63, 3.8) is 0 Å². The second-order valence-electron chi connectivity index (χ2n) is 3.56. The van der Waals surface area contributed by atoms with Crippen LogP contribution in [-0.2, 0) is 17.3 Å². The lowest BCUT2D eigenvalue weighted by Crippen LogP contribution is -2.27. The summed E-state index contributed by atoms with van der Waals surface area (Å²) < 4.78 is 16.1. The first-order valence-electron chi connectivity index (χ1n) is 4.90. The van der Waals surface area contributed by atoms with E-state index in [1.54, 1.807) is 13.2 Å². The number of nitrogens with one attached hydrogen (secondary N) is 1. The molecular weight excluding hydrogens is 214 g/mol. The van der Waals surface area contributed by atoms with Crippen molar-refractivity contribution in [2.75, 3.05) is 12.0 Å². The summed E-state index contributed by atoms with van der Waals surface area (Å²) in [6.45, 7) is 4.38. The average molecular weight is 231 g/mol. The van der Waals surface area contributed by atoms with E-state index in [-0.39, 0.29) is 0 Å². The van der Waals surface area contributed by atoms with E-state index in [2.05, 4.69) is 22.4 Å². The van der Waals surface area contributed by atoms with Gasteiger partial charge in [0.2, 0.25) is 11.8 Å². The van der Waals surface area contributed by atoms with Gasteiger partial charge in [0.05, 0.1) is 6.54 Å². The minimum absolute atomic E-state index is 0.307. The zero-order valence-corrected chi connectivity index (χ0v) is 10.1. The monoisotopic (exact) mass is 231 g/mol. The van der Waals surface area contributed by atoms with E-state index >= 15 is 0 Å². The Morgan fingerprint density at radius 1 is 1.53 bits per heavy atom. The van der Waals surface area contributed by atoms with Gasteiger partial charge in [0.25, 0.3) is 0 Å². The molecule has 1 heterocycles. The fraction of sp³-hybridized carbons (Fsp3) is 0.778. The highest BCUT2D eigenvalue weighted by atomic mass is 32.2. The standard InChI is InChI=1S/C9H17N3O2S/c1-7(4-5-15(3)13)10-6-9-12-11-8(2)14-9/h7,10H,4-6H2,1-3H3. The summed E-state index contributed by atoms with van der Waals surface area (Å²) in [6.07, 6.45) is 2.60. The summed E-state index contributed by atoms with van der Waals surface area (Å²) in [5.74, 6) is 1.89. The molecule has 0 radical (unpaired) electrons. The Balaban J connectivity index is 2.22. The molecule has 0 bridgehead atoms. The predicted molar refractivity (Wildman–Crippen MR) is 58.9 cm³/mol. The third-order valence-electron chi connectivity index (χ3n) is 2.01. The molecule has 86 valence electrons. The number of aromatic nitrogens is 2.